The van der Waals surface area contributed by atoms with Gasteiger partial charge >= 0.3 is 0 Å². The Labute approximate surface area is 129 Å². The Morgan fingerprint density at radius 3 is 2.71 bits per heavy atom. The number of amides is 1. The maximum Gasteiger partial charge on any atom is 0.241 e. The van der Waals surface area contributed by atoms with E-state index in [1.165, 1.54) is 0 Å². The summed E-state index contributed by atoms with van der Waals surface area (Å²) in [5, 5.41) is 3.60. The van der Waals surface area contributed by atoms with E-state index in [-0.39, 0.29) is 17.8 Å². The van der Waals surface area contributed by atoms with Gasteiger partial charge in [-0.15, -0.1) is 0 Å². The van der Waals surface area contributed by atoms with Crippen molar-refractivity contribution in [2.45, 2.75) is 90.6 Å². The van der Waals surface area contributed by atoms with Crippen molar-refractivity contribution in [1.82, 2.24) is 10.2 Å². The quantitative estimate of drug-likeness (QED) is 0.848. The maximum absolute atomic E-state index is 12.9. The predicted octanol–water partition coefficient (Wildman–Crippen LogP) is 2.92. The second-order valence-electron chi connectivity index (χ2n) is 7.33. The van der Waals surface area contributed by atoms with Crippen molar-refractivity contribution in [1.29, 1.82) is 0 Å². The molecular formula is C17H32N2O2. The lowest BCUT2D eigenvalue weighted by molar-refractivity contribution is -0.140. The number of carbonyl (C=O) groups is 1. The van der Waals surface area contributed by atoms with Gasteiger partial charge in [0.25, 0.3) is 0 Å². The number of nitrogens with zero attached hydrogens (tertiary/aromatic N) is 1. The minimum Gasteiger partial charge on any atom is -0.375 e. The standard InChI is InChI=1S/C17H32N2O2/c1-6-8-14-18-15(12(3)7-2)16(20)19(14)13-9-10-21-17(4,5)11-13/h12-15,18H,6-11H2,1-5H3. The second kappa shape index (κ2) is 6.66. The first-order valence-electron chi connectivity index (χ1n) is 8.61. The van der Waals surface area contributed by atoms with Gasteiger partial charge in [0.1, 0.15) is 0 Å². The molecule has 4 heteroatoms. The molecule has 2 aliphatic heterocycles. The van der Waals surface area contributed by atoms with Crippen molar-refractivity contribution in [3.8, 4) is 0 Å². The van der Waals surface area contributed by atoms with Crippen molar-refractivity contribution >= 4 is 5.91 Å². The first-order chi connectivity index (χ1) is 9.89. The third-order valence-corrected chi connectivity index (χ3v) is 5.07. The summed E-state index contributed by atoms with van der Waals surface area (Å²) >= 11 is 0. The van der Waals surface area contributed by atoms with Crippen LogP contribution in [0.1, 0.15) is 66.7 Å². The normalized spacial score (nSPS) is 34.2. The molecule has 4 atom stereocenters. The molecule has 2 aliphatic rings. The monoisotopic (exact) mass is 296 g/mol. The maximum atomic E-state index is 12.9. The first kappa shape index (κ1) is 16.8. The largest absolute Gasteiger partial charge is 0.375 e. The first-order valence-corrected chi connectivity index (χ1v) is 8.61. The van der Waals surface area contributed by atoms with Gasteiger partial charge in [0.2, 0.25) is 5.91 Å². The van der Waals surface area contributed by atoms with Gasteiger partial charge in [-0.05, 0) is 39.0 Å². The van der Waals surface area contributed by atoms with Crippen LogP contribution in [-0.4, -0.2) is 41.3 Å². The Bertz CT molecular complexity index is 370. The molecule has 0 aromatic heterocycles. The summed E-state index contributed by atoms with van der Waals surface area (Å²) in [6.07, 6.45) is 5.28. The Morgan fingerprint density at radius 1 is 1.43 bits per heavy atom. The van der Waals surface area contributed by atoms with Gasteiger partial charge in [-0.3, -0.25) is 10.1 Å². The summed E-state index contributed by atoms with van der Waals surface area (Å²) in [7, 11) is 0. The SMILES string of the molecule is CCCC1NC(C(C)CC)C(=O)N1C1CCOC(C)(C)C1. The highest BCUT2D eigenvalue weighted by atomic mass is 16.5. The molecule has 2 fully saturated rings. The Balaban J connectivity index is 2.16. The van der Waals surface area contributed by atoms with Crippen LogP contribution in [0.25, 0.3) is 0 Å². The van der Waals surface area contributed by atoms with E-state index in [0.717, 1.165) is 38.7 Å². The van der Waals surface area contributed by atoms with E-state index in [1.54, 1.807) is 0 Å². The lowest BCUT2D eigenvalue weighted by atomic mass is 9.92. The van der Waals surface area contributed by atoms with Crippen LogP contribution >= 0.6 is 0 Å². The molecule has 4 nitrogen and oxygen atoms in total. The molecule has 2 rings (SSSR count). The van der Waals surface area contributed by atoms with Gasteiger partial charge in [0, 0.05) is 12.6 Å². The zero-order chi connectivity index (χ0) is 15.6. The smallest absolute Gasteiger partial charge is 0.241 e. The summed E-state index contributed by atoms with van der Waals surface area (Å²) in [6.45, 7) is 11.6. The van der Waals surface area contributed by atoms with Crippen LogP contribution in [0.3, 0.4) is 0 Å². The molecular weight excluding hydrogens is 264 g/mol. The zero-order valence-corrected chi connectivity index (χ0v) is 14.3. The lowest BCUT2D eigenvalue weighted by Gasteiger charge is -2.41. The van der Waals surface area contributed by atoms with E-state index in [0.29, 0.717) is 17.9 Å². The van der Waals surface area contributed by atoms with Crippen LogP contribution in [0.2, 0.25) is 0 Å². The third kappa shape index (κ3) is 3.59. The highest BCUT2D eigenvalue weighted by Gasteiger charge is 2.45. The van der Waals surface area contributed by atoms with E-state index in [4.69, 9.17) is 4.74 Å². The summed E-state index contributed by atoms with van der Waals surface area (Å²) < 4.78 is 5.82. The molecule has 0 aliphatic carbocycles. The minimum absolute atomic E-state index is 0.00231. The van der Waals surface area contributed by atoms with Crippen LogP contribution in [0.15, 0.2) is 0 Å². The molecule has 1 amide bonds. The lowest BCUT2D eigenvalue weighted by Crippen LogP contribution is -2.51. The number of ether oxygens (including phenoxy) is 1. The Morgan fingerprint density at radius 2 is 2.14 bits per heavy atom. The van der Waals surface area contributed by atoms with Gasteiger partial charge < -0.3 is 9.64 Å². The summed E-state index contributed by atoms with van der Waals surface area (Å²) in [4.78, 5) is 15.1. The van der Waals surface area contributed by atoms with E-state index >= 15 is 0 Å². The fraction of sp³-hybridized carbons (Fsp3) is 0.941. The molecule has 0 spiro atoms. The molecule has 0 bridgehead atoms. The highest BCUT2D eigenvalue weighted by molar-refractivity contribution is 5.85. The van der Waals surface area contributed by atoms with Crippen molar-refractivity contribution in [3.63, 3.8) is 0 Å². The van der Waals surface area contributed by atoms with Crippen LogP contribution in [0.4, 0.5) is 0 Å². The average molecular weight is 296 g/mol. The molecule has 0 aromatic carbocycles. The van der Waals surface area contributed by atoms with E-state index < -0.39 is 0 Å². The molecule has 4 unspecified atom stereocenters. The summed E-state index contributed by atoms with van der Waals surface area (Å²) in [6, 6.07) is 0.317. The van der Waals surface area contributed by atoms with Crippen LogP contribution in [0.5, 0.6) is 0 Å². The van der Waals surface area contributed by atoms with E-state index in [9.17, 15) is 4.79 Å². The van der Waals surface area contributed by atoms with E-state index in [2.05, 4.69) is 44.8 Å². The van der Waals surface area contributed by atoms with Crippen LogP contribution in [0, 0.1) is 5.92 Å². The number of nitrogens with one attached hydrogen (secondary N) is 1. The summed E-state index contributed by atoms with van der Waals surface area (Å²) in [5.41, 5.74) is -0.117. The molecule has 0 radical (unpaired) electrons. The van der Waals surface area contributed by atoms with Crippen molar-refractivity contribution < 1.29 is 9.53 Å². The third-order valence-electron chi connectivity index (χ3n) is 5.07. The predicted molar refractivity (Wildman–Crippen MR) is 85.0 cm³/mol. The Kier molecular flexibility index (Phi) is 5.31. The molecule has 1 N–H and O–H groups in total. The highest BCUT2D eigenvalue weighted by Crippen LogP contribution is 2.32. The molecule has 0 saturated carbocycles. The Hall–Kier alpha value is -0.610. The number of carbonyl (C=O) groups excluding carboxylic acids is 1. The van der Waals surface area contributed by atoms with Gasteiger partial charge in [-0.1, -0.05) is 33.6 Å². The molecule has 0 aromatic rings. The van der Waals surface area contributed by atoms with Crippen LogP contribution in [-0.2, 0) is 9.53 Å². The fourth-order valence-electron chi connectivity index (χ4n) is 3.68. The number of hydrogen-bond donors (Lipinski definition) is 1. The van der Waals surface area contributed by atoms with Gasteiger partial charge in [-0.25, -0.2) is 0 Å². The van der Waals surface area contributed by atoms with Crippen molar-refractivity contribution in [3.05, 3.63) is 0 Å². The molecule has 21 heavy (non-hydrogen) atoms. The van der Waals surface area contributed by atoms with Crippen molar-refractivity contribution in [2.24, 2.45) is 5.92 Å². The topological polar surface area (TPSA) is 41.6 Å². The number of hydrogen-bond acceptors (Lipinski definition) is 3. The second-order valence-corrected chi connectivity index (χ2v) is 7.33. The van der Waals surface area contributed by atoms with E-state index in [1.807, 2.05) is 0 Å². The molecule has 122 valence electrons. The van der Waals surface area contributed by atoms with Gasteiger partial charge in [0.05, 0.1) is 17.8 Å². The minimum atomic E-state index is -0.117. The van der Waals surface area contributed by atoms with Gasteiger partial charge in [0.15, 0.2) is 0 Å². The molecule has 2 saturated heterocycles. The number of rotatable bonds is 5. The van der Waals surface area contributed by atoms with Gasteiger partial charge in [-0.2, -0.15) is 0 Å². The fourth-order valence-corrected chi connectivity index (χ4v) is 3.68. The average Bonchev–Trinajstić information content (AvgIpc) is 2.74. The molecule has 2 heterocycles. The van der Waals surface area contributed by atoms with Crippen LogP contribution < -0.4 is 5.32 Å². The summed E-state index contributed by atoms with van der Waals surface area (Å²) in [5.74, 6) is 0.709. The zero-order valence-electron chi connectivity index (χ0n) is 14.3. The van der Waals surface area contributed by atoms with Crippen molar-refractivity contribution in [2.75, 3.05) is 6.61 Å².